The Balaban J connectivity index is 2.66. The van der Waals surface area contributed by atoms with E-state index in [9.17, 15) is 14.7 Å². The number of Topliss-reactive ketones (excluding diaryl/α,β-unsaturated/α-hetero) is 1. The summed E-state index contributed by atoms with van der Waals surface area (Å²) in [6.07, 6.45) is 1.02. The van der Waals surface area contributed by atoms with Crippen LogP contribution >= 0.6 is 15.9 Å². The number of ketones is 1. The molecule has 1 fully saturated rings. The van der Waals surface area contributed by atoms with E-state index in [0.29, 0.717) is 12.8 Å². The van der Waals surface area contributed by atoms with Gasteiger partial charge in [-0.3, -0.25) is 4.79 Å². The molecule has 1 saturated carbocycles. The van der Waals surface area contributed by atoms with Crippen molar-refractivity contribution in [2.45, 2.75) is 17.7 Å². The molecular weight excluding hydrogens is 200 g/mol. The van der Waals surface area contributed by atoms with E-state index in [2.05, 4.69) is 15.9 Å². The molecule has 0 aromatic heterocycles. The first-order chi connectivity index (χ1) is 4.63. The normalized spacial score (nSPS) is 32.7. The number of halogens is 1. The predicted octanol–water partition coefficient (Wildman–Crippen LogP) is -0.521. The standard InChI is InChI=1S/C6H7BrO3/c7-4-2-1-3(5(4)8)6(9)10/h3-4H,1-2H2,(H,9,10)/p-1. The Bertz CT molecular complexity index is 178. The average Bonchev–Trinajstić information content (AvgIpc) is 2.14. The summed E-state index contributed by atoms with van der Waals surface area (Å²) >= 11 is 3.07. The maximum absolute atomic E-state index is 10.9. The molecule has 1 rings (SSSR count). The quantitative estimate of drug-likeness (QED) is 0.428. The lowest BCUT2D eigenvalue weighted by Gasteiger charge is -2.07. The molecule has 0 amide bonds. The molecule has 2 unspecified atom stereocenters. The number of carbonyl (C=O) groups excluding carboxylic acids is 2. The minimum Gasteiger partial charge on any atom is -0.549 e. The molecule has 2 atom stereocenters. The number of aliphatic carboxylic acids is 1. The van der Waals surface area contributed by atoms with Crippen molar-refractivity contribution in [2.75, 3.05) is 0 Å². The molecule has 1 aliphatic rings. The lowest BCUT2D eigenvalue weighted by Crippen LogP contribution is -2.34. The van der Waals surface area contributed by atoms with Crippen LogP contribution in [0, 0.1) is 5.92 Å². The second kappa shape index (κ2) is 2.70. The van der Waals surface area contributed by atoms with Crippen molar-refractivity contribution >= 4 is 27.7 Å². The van der Waals surface area contributed by atoms with Crippen LogP contribution < -0.4 is 5.11 Å². The van der Waals surface area contributed by atoms with Crippen LogP contribution in [0.3, 0.4) is 0 Å². The minimum absolute atomic E-state index is 0.250. The number of hydrogen-bond acceptors (Lipinski definition) is 3. The van der Waals surface area contributed by atoms with Crippen LogP contribution in [0.15, 0.2) is 0 Å². The van der Waals surface area contributed by atoms with Crippen LogP contribution in [0.1, 0.15) is 12.8 Å². The van der Waals surface area contributed by atoms with Crippen LogP contribution in [-0.4, -0.2) is 16.6 Å². The number of carbonyl (C=O) groups is 2. The van der Waals surface area contributed by atoms with Gasteiger partial charge in [-0.1, -0.05) is 15.9 Å². The van der Waals surface area contributed by atoms with Gasteiger partial charge in [-0.15, -0.1) is 0 Å². The summed E-state index contributed by atoms with van der Waals surface area (Å²) in [7, 11) is 0. The SMILES string of the molecule is O=C([O-])C1CCC(Br)C1=O. The first kappa shape index (κ1) is 7.72. The monoisotopic (exact) mass is 205 g/mol. The van der Waals surface area contributed by atoms with Gasteiger partial charge in [0.1, 0.15) is 0 Å². The number of carboxylic acid groups (broad SMARTS) is 1. The van der Waals surface area contributed by atoms with E-state index in [1.165, 1.54) is 0 Å². The number of alkyl halides is 1. The fourth-order valence-electron chi connectivity index (χ4n) is 1.05. The van der Waals surface area contributed by atoms with Crippen LogP contribution in [0.5, 0.6) is 0 Å². The fraction of sp³-hybridized carbons (Fsp3) is 0.667. The number of hydrogen-bond donors (Lipinski definition) is 0. The van der Waals surface area contributed by atoms with Gasteiger partial charge in [0.15, 0.2) is 5.78 Å². The largest absolute Gasteiger partial charge is 0.549 e. The van der Waals surface area contributed by atoms with Gasteiger partial charge in [-0.05, 0) is 12.8 Å². The summed E-state index contributed by atoms with van der Waals surface area (Å²) in [5.41, 5.74) is 0. The Morgan fingerprint density at radius 3 is 2.40 bits per heavy atom. The van der Waals surface area contributed by atoms with Crippen molar-refractivity contribution in [1.29, 1.82) is 0 Å². The zero-order valence-corrected chi connectivity index (χ0v) is 6.76. The number of carboxylic acids is 1. The second-order valence-electron chi connectivity index (χ2n) is 2.32. The highest BCUT2D eigenvalue weighted by atomic mass is 79.9. The number of rotatable bonds is 1. The molecule has 0 radical (unpaired) electrons. The van der Waals surface area contributed by atoms with Crippen LogP contribution in [0.25, 0.3) is 0 Å². The zero-order chi connectivity index (χ0) is 7.72. The molecule has 0 aromatic carbocycles. The van der Waals surface area contributed by atoms with Gasteiger partial charge in [-0.25, -0.2) is 0 Å². The van der Waals surface area contributed by atoms with E-state index in [4.69, 9.17) is 0 Å². The van der Waals surface area contributed by atoms with Gasteiger partial charge in [0.25, 0.3) is 0 Å². The summed E-state index contributed by atoms with van der Waals surface area (Å²) in [5, 5.41) is 10.2. The Morgan fingerprint density at radius 2 is 2.20 bits per heavy atom. The summed E-state index contributed by atoms with van der Waals surface area (Å²) in [6.45, 7) is 0. The first-order valence-corrected chi connectivity index (χ1v) is 3.93. The molecule has 1 aliphatic carbocycles. The first-order valence-electron chi connectivity index (χ1n) is 3.01. The zero-order valence-electron chi connectivity index (χ0n) is 5.17. The van der Waals surface area contributed by atoms with Gasteiger partial charge >= 0.3 is 0 Å². The van der Waals surface area contributed by atoms with Gasteiger partial charge in [0, 0.05) is 0 Å². The molecule has 0 bridgehead atoms. The molecule has 10 heavy (non-hydrogen) atoms. The Labute approximate surface area is 66.5 Å². The van der Waals surface area contributed by atoms with Crippen LogP contribution in [0.4, 0.5) is 0 Å². The third kappa shape index (κ3) is 1.21. The third-order valence-corrected chi connectivity index (χ3v) is 2.55. The fourth-order valence-corrected chi connectivity index (χ4v) is 1.63. The van der Waals surface area contributed by atoms with E-state index in [1.807, 2.05) is 0 Å². The van der Waals surface area contributed by atoms with E-state index in [-0.39, 0.29) is 10.6 Å². The van der Waals surface area contributed by atoms with Gasteiger partial charge in [0.05, 0.1) is 16.7 Å². The second-order valence-corrected chi connectivity index (χ2v) is 3.42. The molecule has 0 heterocycles. The average molecular weight is 206 g/mol. The molecular formula is C6H6BrO3-. The lowest BCUT2D eigenvalue weighted by molar-refractivity contribution is -0.309. The van der Waals surface area contributed by atoms with Crippen LogP contribution in [0.2, 0.25) is 0 Å². The Hall–Kier alpha value is -0.380. The van der Waals surface area contributed by atoms with Crippen molar-refractivity contribution in [2.24, 2.45) is 5.92 Å². The molecule has 0 aliphatic heterocycles. The van der Waals surface area contributed by atoms with Crippen LogP contribution in [-0.2, 0) is 9.59 Å². The lowest BCUT2D eigenvalue weighted by atomic mass is 10.1. The Kier molecular flexibility index (Phi) is 2.08. The summed E-state index contributed by atoms with van der Waals surface area (Å²) in [6, 6.07) is 0. The van der Waals surface area contributed by atoms with Crippen molar-refractivity contribution in [3.8, 4) is 0 Å². The highest BCUT2D eigenvalue weighted by Crippen LogP contribution is 2.26. The minimum atomic E-state index is -1.24. The van der Waals surface area contributed by atoms with Gasteiger partial charge < -0.3 is 9.90 Å². The maximum atomic E-state index is 10.9. The van der Waals surface area contributed by atoms with Crippen molar-refractivity contribution < 1.29 is 14.7 Å². The van der Waals surface area contributed by atoms with Crippen molar-refractivity contribution in [3.05, 3.63) is 0 Å². The molecule has 0 aromatic rings. The highest BCUT2D eigenvalue weighted by Gasteiger charge is 2.32. The molecule has 0 saturated heterocycles. The van der Waals surface area contributed by atoms with E-state index >= 15 is 0 Å². The molecule has 4 heteroatoms. The molecule has 0 spiro atoms. The highest BCUT2D eigenvalue weighted by molar-refractivity contribution is 9.10. The Morgan fingerprint density at radius 1 is 1.60 bits per heavy atom. The molecule has 3 nitrogen and oxygen atoms in total. The molecule has 56 valence electrons. The maximum Gasteiger partial charge on any atom is 0.155 e. The summed E-state index contributed by atoms with van der Waals surface area (Å²) in [5.74, 6) is -2.36. The van der Waals surface area contributed by atoms with E-state index in [1.54, 1.807) is 0 Å². The van der Waals surface area contributed by atoms with Gasteiger partial charge in [0.2, 0.25) is 0 Å². The smallest absolute Gasteiger partial charge is 0.155 e. The van der Waals surface area contributed by atoms with E-state index < -0.39 is 11.9 Å². The van der Waals surface area contributed by atoms with Crippen molar-refractivity contribution in [1.82, 2.24) is 0 Å². The molecule has 0 N–H and O–H groups in total. The van der Waals surface area contributed by atoms with Gasteiger partial charge in [-0.2, -0.15) is 0 Å². The van der Waals surface area contributed by atoms with Crippen molar-refractivity contribution in [3.63, 3.8) is 0 Å². The third-order valence-electron chi connectivity index (χ3n) is 1.65. The predicted molar refractivity (Wildman–Crippen MR) is 35.5 cm³/mol. The van der Waals surface area contributed by atoms with E-state index in [0.717, 1.165) is 0 Å². The summed E-state index contributed by atoms with van der Waals surface area (Å²) in [4.78, 5) is 20.8. The topological polar surface area (TPSA) is 57.2 Å². The summed E-state index contributed by atoms with van der Waals surface area (Å²) < 4.78 is 0.